The second kappa shape index (κ2) is 2.84. The number of fused-ring (bicyclic) bond motifs is 1. The van der Waals surface area contributed by atoms with E-state index in [2.05, 4.69) is 10.1 Å². The lowest BCUT2D eigenvalue weighted by atomic mass is 10.2. The van der Waals surface area contributed by atoms with Gasteiger partial charge < -0.3 is 0 Å². The zero-order chi connectivity index (χ0) is 10.3. The fraction of sp³-hybridized carbons (Fsp3) is 0.143. The smallest absolute Gasteiger partial charge is 0.215 e. The number of hydrogen-bond acceptors (Lipinski definition) is 2. The Bertz CT molecular complexity index is 476. The minimum Gasteiger partial charge on any atom is -0.215 e. The van der Waals surface area contributed by atoms with E-state index in [0.29, 0.717) is 0 Å². The third-order valence-corrected chi connectivity index (χ3v) is 1.93. The second-order valence-electron chi connectivity index (χ2n) is 2.59. The highest BCUT2D eigenvalue weighted by molar-refractivity contribution is 6.29. The van der Waals surface area contributed by atoms with Crippen LogP contribution in [0.3, 0.4) is 0 Å². The van der Waals surface area contributed by atoms with Gasteiger partial charge in [0.25, 0.3) is 0 Å². The Labute approximate surface area is 81.1 Å². The molecule has 0 aliphatic heterocycles. The van der Waals surface area contributed by atoms with Crippen LogP contribution in [0.1, 0.15) is 5.56 Å². The molecule has 0 saturated heterocycles. The summed E-state index contributed by atoms with van der Waals surface area (Å²) in [6.45, 7) is 0. The predicted molar refractivity (Wildman–Crippen MR) is 43.0 cm³/mol. The third kappa shape index (κ3) is 1.41. The highest BCUT2D eigenvalue weighted by Gasteiger charge is 2.31. The third-order valence-electron chi connectivity index (χ3n) is 1.66. The molecule has 0 spiro atoms. The van der Waals surface area contributed by atoms with Crippen molar-refractivity contribution in [3.05, 3.63) is 29.2 Å². The van der Waals surface area contributed by atoms with Crippen LogP contribution in [0, 0.1) is 0 Å². The number of rotatable bonds is 0. The summed E-state index contributed by atoms with van der Waals surface area (Å²) < 4.78 is 38.0. The van der Waals surface area contributed by atoms with Gasteiger partial charge in [-0.1, -0.05) is 11.6 Å². The summed E-state index contributed by atoms with van der Waals surface area (Å²) in [5.41, 5.74) is -0.757. The molecule has 2 heterocycles. The van der Waals surface area contributed by atoms with Gasteiger partial charge in [-0.2, -0.15) is 18.3 Å². The maximum atomic E-state index is 12.3. The molecule has 0 radical (unpaired) electrons. The van der Waals surface area contributed by atoms with Gasteiger partial charge in [0.1, 0.15) is 11.5 Å². The van der Waals surface area contributed by atoms with Crippen molar-refractivity contribution < 1.29 is 13.2 Å². The van der Waals surface area contributed by atoms with Crippen LogP contribution < -0.4 is 0 Å². The van der Waals surface area contributed by atoms with Crippen LogP contribution in [-0.2, 0) is 6.18 Å². The van der Waals surface area contributed by atoms with Crippen LogP contribution in [0.25, 0.3) is 5.65 Å². The Morgan fingerprint density at radius 2 is 2.00 bits per heavy atom. The zero-order valence-corrected chi connectivity index (χ0v) is 7.34. The highest BCUT2D eigenvalue weighted by Crippen LogP contribution is 2.31. The van der Waals surface area contributed by atoms with Gasteiger partial charge in [-0.15, -0.1) is 0 Å². The van der Waals surface area contributed by atoms with Crippen LogP contribution in [0.15, 0.2) is 18.5 Å². The summed E-state index contributed by atoms with van der Waals surface area (Å²) >= 11 is 5.57. The molecule has 0 atom stereocenters. The first kappa shape index (κ1) is 9.26. The van der Waals surface area contributed by atoms with E-state index in [1.54, 1.807) is 0 Å². The molecular weight excluding hydrogens is 219 g/mol. The number of halogens is 4. The molecule has 0 N–H and O–H groups in total. The van der Waals surface area contributed by atoms with Gasteiger partial charge in [0.2, 0.25) is 0 Å². The average molecular weight is 222 g/mol. The van der Waals surface area contributed by atoms with E-state index in [1.165, 1.54) is 0 Å². The van der Waals surface area contributed by atoms with Crippen LogP contribution in [0.5, 0.6) is 0 Å². The Balaban J connectivity index is 2.70. The first-order valence-corrected chi connectivity index (χ1v) is 3.93. The first-order valence-electron chi connectivity index (χ1n) is 3.55. The Morgan fingerprint density at radius 1 is 1.29 bits per heavy atom. The summed E-state index contributed by atoms with van der Waals surface area (Å²) in [4.78, 5) is 3.62. The quantitative estimate of drug-likeness (QED) is 0.640. The molecule has 2 aromatic rings. The largest absolute Gasteiger partial charge is 0.416 e. The van der Waals surface area contributed by atoms with E-state index in [1.807, 2.05) is 0 Å². The number of hydrogen-bond donors (Lipinski definition) is 0. The van der Waals surface area contributed by atoms with Crippen molar-refractivity contribution in [1.82, 2.24) is 14.6 Å². The summed E-state index contributed by atoms with van der Waals surface area (Å²) in [6, 6.07) is 1.70. The molecule has 0 aromatic carbocycles. The van der Waals surface area contributed by atoms with Crippen molar-refractivity contribution in [3.8, 4) is 0 Å². The summed E-state index contributed by atoms with van der Waals surface area (Å²) in [5, 5.41) is 3.53. The second-order valence-corrected chi connectivity index (χ2v) is 2.98. The van der Waals surface area contributed by atoms with Crippen molar-refractivity contribution in [3.63, 3.8) is 0 Å². The molecule has 0 aliphatic carbocycles. The topological polar surface area (TPSA) is 30.2 Å². The van der Waals surface area contributed by atoms with Gasteiger partial charge >= 0.3 is 6.18 Å². The highest BCUT2D eigenvalue weighted by atomic mass is 35.5. The van der Waals surface area contributed by atoms with E-state index >= 15 is 0 Å². The maximum Gasteiger partial charge on any atom is 0.416 e. The summed E-state index contributed by atoms with van der Waals surface area (Å²) in [6.07, 6.45) is -3.28. The lowest BCUT2D eigenvalue weighted by Gasteiger charge is -2.06. The SMILES string of the molecule is FC(F)(F)c1cc(Cl)n2ncnc2c1. The maximum absolute atomic E-state index is 12.3. The predicted octanol–water partition coefficient (Wildman–Crippen LogP) is 2.40. The standard InChI is InChI=1S/C7H3ClF3N3/c8-5-1-4(7(9,10)11)2-6-12-3-13-14(5)6/h1-3H. The monoisotopic (exact) mass is 221 g/mol. The van der Waals surface area contributed by atoms with Crippen LogP contribution >= 0.6 is 11.6 Å². The molecule has 3 nitrogen and oxygen atoms in total. The van der Waals surface area contributed by atoms with Gasteiger partial charge in [-0.3, -0.25) is 0 Å². The molecule has 0 unspecified atom stereocenters. The molecule has 0 aliphatic rings. The summed E-state index contributed by atoms with van der Waals surface area (Å²) in [7, 11) is 0. The van der Waals surface area contributed by atoms with Crippen molar-refractivity contribution in [2.24, 2.45) is 0 Å². The van der Waals surface area contributed by atoms with Crippen LogP contribution in [0.2, 0.25) is 5.15 Å². The van der Waals surface area contributed by atoms with Gasteiger partial charge in [-0.25, -0.2) is 9.50 Å². The minimum absolute atomic E-state index is 0.0739. The molecule has 14 heavy (non-hydrogen) atoms. The lowest BCUT2D eigenvalue weighted by molar-refractivity contribution is -0.137. The summed E-state index contributed by atoms with van der Waals surface area (Å²) in [5.74, 6) is 0. The van der Waals surface area contributed by atoms with Gasteiger partial charge in [0, 0.05) is 0 Å². The van der Waals surface area contributed by atoms with Gasteiger partial charge in [0.05, 0.1) is 5.56 Å². The van der Waals surface area contributed by atoms with Crippen LogP contribution in [-0.4, -0.2) is 14.6 Å². The van der Waals surface area contributed by atoms with E-state index in [-0.39, 0.29) is 10.8 Å². The Morgan fingerprint density at radius 3 is 2.64 bits per heavy atom. The van der Waals surface area contributed by atoms with E-state index in [0.717, 1.165) is 23.0 Å². The fourth-order valence-corrected chi connectivity index (χ4v) is 1.30. The molecule has 74 valence electrons. The molecule has 7 heteroatoms. The average Bonchev–Trinajstić information content (AvgIpc) is 2.50. The Kier molecular flexibility index (Phi) is 1.88. The number of nitrogens with zero attached hydrogens (tertiary/aromatic N) is 3. The van der Waals surface area contributed by atoms with Gasteiger partial charge in [-0.05, 0) is 12.1 Å². The molecule has 2 rings (SSSR count). The Hall–Kier alpha value is -1.30. The number of aromatic nitrogens is 3. The molecule has 0 fully saturated rings. The van der Waals surface area contributed by atoms with E-state index in [9.17, 15) is 13.2 Å². The minimum atomic E-state index is -4.42. The molecule has 0 amide bonds. The van der Waals surface area contributed by atoms with Crippen molar-refractivity contribution in [2.45, 2.75) is 6.18 Å². The molecule has 0 saturated carbocycles. The van der Waals surface area contributed by atoms with Crippen LogP contribution in [0.4, 0.5) is 13.2 Å². The lowest BCUT2D eigenvalue weighted by Crippen LogP contribution is -2.06. The normalized spacial score (nSPS) is 12.3. The molecule has 2 aromatic heterocycles. The van der Waals surface area contributed by atoms with E-state index < -0.39 is 11.7 Å². The van der Waals surface area contributed by atoms with Crippen molar-refractivity contribution in [1.29, 1.82) is 0 Å². The van der Waals surface area contributed by atoms with E-state index in [4.69, 9.17) is 11.6 Å². The molecule has 0 bridgehead atoms. The first-order chi connectivity index (χ1) is 6.48. The van der Waals surface area contributed by atoms with Gasteiger partial charge in [0.15, 0.2) is 5.65 Å². The van der Waals surface area contributed by atoms with Crippen molar-refractivity contribution in [2.75, 3.05) is 0 Å². The number of pyridine rings is 1. The number of alkyl halides is 3. The zero-order valence-electron chi connectivity index (χ0n) is 6.59. The fourth-order valence-electron chi connectivity index (χ4n) is 1.05. The molecular formula is C7H3ClF3N3. The van der Waals surface area contributed by atoms with Crippen molar-refractivity contribution >= 4 is 17.2 Å².